The van der Waals surface area contributed by atoms with Gasteiger partial charge in [0.15, 0.2) is 11.7 Å². The lowest BCUT2D eigenvalue weighted by atomic mass is 9.69. The van der Waals surface area contributed by atoms with E-state index in [4.69, 9.17) is 9.47 Å². The van der Waals surface area contributed by atoms with Crippen LogP contribution < -0.4 is 0 Å². The highest BCUT2D eigenvalue weighted by Crippen LogP contribution is 2.40. The van der Waals surface area contributed by atoms with E-state index in [-0.39, 0.29) is 37.2 Å². The molecule has 2 bridgehead atoms. The number of ketones is 2. The van der Waals surface area contributed by atoms with Crippen molar-refractivity contribution < 1.29 is 38.9 Å². The van der Waals surface area contributed by atoms with Crippen molar-refractivity contribution in [1.29, 1.82) is 0 Å². The predicted molar refractivity (Wildman–Crippen MR) is 110 cm³/mol. The van der Waals surface area contributed by atoms with Gasteiger partial charge in [-0.15, -0.1) is 0 Å². The highest BCUT2D eigenvalue weighted by molar-refractivity contribution is 6.01. The number of hydrogen-bond donors (Lipinski definition) is 2. The lowest BCUT2D eigenvalue weighted by molar-refractivity contribution is -0.190. The summed E-state index contributed by atoms with van der Waals surface area (Å²) in [6.45, 7) is 6.29. The second-order valence-corrected chi connectivity index (χ2v) is 9.12. The Morgan fingerprint density at radius 3 is 2.55 bits per heavy atom. The summed E-state index contributed by atoms with van der Waals surface area (Å²) in [6, 6.07) is 0. The SMILES string of the molecule is CC(=O)CC1(C)C(=O)OC/C2=C/CN(C)CCC(OC(=O)C(O)(C(C)O)CC1C)C2=O. The van der Waals surface area contributed by atoms with E-state index in [0.717, 1.165) is 0 Å². The van der Waals surface area contributed by atoms with Crippen LogP contribution in [0.15, 0.2) is 11.6 Å². The first-order chi connectivity index (χ1) is 14.3. The van der Waals surface area contributed by atoms with Gasteiger partial charge in [0.25, 0.3) is 0 Å². The van der Waals surface area contributed by atoms with E-state index in [1.165, 1.54) is 20.8 Å². The maximum atomic E-state index is 13.1. The molecule has 2 aliphatic rings. The van der Waals surface area contributed by atoms with Gasteiger partial charge in [-0.05, 0) is 40.2 Å². The molecule has 2 N–H and O–H groups in total. The summed E-state index contributed by atoms with van der Waals surface area (Å²) in [4.78, 5) is 52.9. The molecule has 31 heavy (non-hydrogen) atoms. The minimum atomic E-state index is -2.37. The number of aliphatic hydroxyl groups excluding tert-OH is 1. The largest absolute Gasteiger partial charge is 0.460 e. The Hall–Kier alpha value is -2.10. The Bertz CT molecular complexity index is 775. The second kappa shape index (κ2) is 9.58. The molecule has 5 unspecified atom stereocenters. The first-order valence-corrected chi connectivity index (χ1v) is 10.5. The Kier molecular flexibility index (Phi) is 7.78. The third-order valence-corrected chi connectivity index (χ3v) is 6.47. The second-order valence-electron chi connectivity index (χ2n) is 9.12. The van der Waals surface area contributed by atoms with Crippen LogP contribution in [0.5, 0.6) is 0 Å². The van der Waals surface area contributed by atoms with E-state index in [1.54, 1.807) is 13.0 Å². The van der Waals surface area contributed by atoms with Gasteiger partial charge in [0.05, 0.1) is 11.5 Å². The lowest BCUT2D eigenvalue weighted by Gasteiger charge is -2.39. The van der Waals surface area contributed by atoms with Crippen LogP contribution in [0.3, 0.4) is 0 Å². The van der Waals surface area contributed by atoms with Crippen LogP contribution in [-0.2, 0) is 28.7 Å². The topological polar surface area (TPSA) is 130 Å². The van der Waals surface area contributed by atoms with Crippen LogP contribution in [0.4, 0.5) is 0 Å². The summed E-state index contributed by atoms with van der Waals surface area (Å²) in [5.74, 6) is -3.35. The fourth-order valence-electron chi connectivity index (χ4n) is 4.00. The minimum absolute atomic E-state index is 0.177. The van der Waals surface area contributed by atoms with Gasteiger partial charge in [-0.1, -0.05) is 13.0 Å². The molecule has 174 valence electrons. The van der Waals surface area contributed by atoms with E-state index in [0.29, 0.717) is 13.1 Å². The molecule has 0 spiro atoms. The summed E-state index contributed by atoms with van der Waals surface area (Å²) in [5.41, 5.74) is -3.57. The Morgan fingerprint density at radius 1 is 1.32 bits per heavy atom. The summed E-state index contributed by atoms with van der Waals surface area (Å²) < 4.78 is 10.9. The number of hydrogen-bond acceptors (Lipinski definition) is 9. The first-order valence-electron chi connectivity index (χ1n) is 10.5. The molecule has 2 aliphatic heterocycles. The Balaban J connectivity index is 2.56. The average molecular weight is 440 g/mol. The molecule has 0 aliphatic carbocycles. The van der Waals surface area contributed by atoms with Crippen LogP contribution in [-0.4, -0.2) is 83.2 Å². The van der Waals surface area contributed by atoms with E-state index >= 15 is 0 Å². The predicted octanol–water partition coefficient (Wildman–Crippen LogP) is 0.410. The number of rotatable bonds is 3. The van der Waals surface area contributed by atoms with Crippen molar-refractivity contribution in [1.82, 2.24) is 4.90 Å². The van der Waals surface area contributed by atoms with Gasteiger partial charge in [0.2, 0.25) is 5.78 Å². The molecule has 0 aromatic carbocycles. The number of esters is 2. The molecule has 5 atom stereocenters. The third kappa shape index (κ3) is 5.39. The summed E-state index contributed by atoms with van der Waals surface area (Å²) in [7, 11) is 1.83. The van der Waals surface area contributed by atoms with Gasteiger partial charge in [0, 0.05) is 31.5 Å². The number of nitrogens with zero attached hydrogens (tertiary/aromatic N) is 1. The van der Waals surface area contributed by atoms with Gasteiger partial charge >= 0.3 is 11.9 Å². The molecule has 2 heterocycles. The highest BCUT2D eigenvalue weighted by atomic mass is 16.6. The fraction of sp³-hybridized carbons (Fsp3) is 0.727. The van der Waals surface area contributed by atoms with Gasteiger partial charge in [-0.3, -0.25) is 14.4 Å². The van der Waals surface area contributed by atoms with Gasteiger partial charge in [-0.25, -0.2) is 4.79 Å². The normalized spacial score (nSPS) is 36.5. The van der Waals surface area contributed by atoms with Crippen molar-refractivity contribution in [2.75, 3.05) is 26.7 Å². The van der Waals surface area contributed by atoms with Crippen molar-refractivity contribution >= 4 is 23.5 Å². The number of ether oxygens (including phenoxy) is 2. The lowest BCUT2D eigenvalue weighted by Crippen LogP contribution is -2.54. The first kappa shape index (κ1) is 25.2. The molecule has 0 amide bonds. The molecule has 9 nitrogen and oxygen atoms in total. The number of Topliss-reactive ketones (excluding diaryl/α,β-unsaturated/α-hetero) is 2. The van der Waals surface area contributed by atoms with Gasteiger partial charge in [0.1, 0.15) is 12.4 Å². The van der Waals surface area contributed by atoms with Crippen LogP contribution >= 0.6 is 0 Å². The maximum absolute atomic E-state index is 13.1. The maximum Gasteiger partial charge on any atom is 0.341 e. The molecular weight excluding hydrogens is 406 g/mol. The highest BCUT2D eigenvalue weighted by Gasteiger charge is 2.51. The number of likely N-dealkylation sites (N-methyl/N-ethyl adjacent to an activating group) is 1. The van der Waals surface area contributed by atoms with Crippen LogP contribution in [0.25, 0.3) is 0 Å². The van der Waals surface area contributed by atoms with Gasteiger partial charge in [-0.2, -0.15) is 0 Å². The van der Waals surface area contributed by atoms with E-state index in [1.807, 2.05) is 11.9 Å². The fourth-order valence-corrected chi connectivity index (χ4v) is 4.00. The number of aliphatic hydroxyl groups is 2. The molecular formula is C22H33NO8. The van der Waals surface area contributed by atoms with E-state index in [9.17, 15) is 29.4 Å². The van der Waals surface area contributed by atoms with Crippen molar-refractivity contribution in [3.05, 3.63) is 11.6 Å². The molecule has 0 aromatic heterocycles. The Labute approximate surface area is 182 Å². The van der Waals surface area contributed by atoms with Crippen molar-refractivity contribution in [2.24, 2.45) is 11.3 Å². The minimum Gasteiger partial charge on any atom is -0.460 e. The monoisotopic (exact) mass is 439 g/mol. The van der Waals surface area contributed by atoms with E-state index < -0.39 is 46.9 Å². The van der Waals surface area contributed by atoms with Crippen LogP contribution in [0, 0.1) is 11.3 Å². The number of fused-ring (bicyclic) bond motifs is 2. The van der Waals surface area contributed by atoms with Gasteiger partial charge < -0.3 is 24.6 Å². The van der Waals surface area contributed by atoms with Crippen LogP contribution in [0.2, 0.25) is 0 Å². The molecule has 0 radical (unpaired) electrons. The summed E-state index contributed by atoms with van der Waals surface area (Å²) in [5, 5.41) is 21.3. The standard InChI is InChI=1S/C22H33NO8/c1-13-10-22(29,15(3)25)20(28)31-17-7-9-23(5)8-6-16(18(17)26)12-30-19(27)21(13,4)11-14(2)24/h6,13,15,17,25,29H,7-12H2,1-5H3/b16-6-. The average Bonchev–Trinajstić information content (AvgIpc) is 2.67. The molecule has 9 heteroatoms. The zero-order chi connectivity index (χ0) is 23.6. The zero-order valence-electron chi connectivity index (χ0n) is 18.8. The number of cyclic esters (lactones) is 1. The Morgan fingerprint density at radius 2 is 1.97 bits per heavy atom. The summed E-state index contributed by atoms with van der Waals surface area (Å²) in [6.07, 6.45) is -1.44. The van der Waals surface area contributed by atoms with Crippen molar-refractivity contribution in [2.45, 2.75) is 64.8 Å². The molecule has 1 saturated heterocycles. The quantitative estimate of drug-likeness (QED) is 0.600. The molecule has 0 saturated carbocycles. The molecule has 2 rings (SSSR count). The summed E-state index contributed by atoms with van der Waals surface area (Å²) >= 11 is 0. The zero-order valence-corrected chi connectivity index (χ0v) is 18.8. The molecule has 0 aromatic rings. The third-order valence-electron chi connectivity index (χ3n) is 6.47. The van der Waals surface area contributed by atoms with Crippen LogP contribution in [0.1, 0.15) is 47.0 Å². The molecule has 1 fully saturated rings. The smallest absolute Gasteiger partial charge is 0.341 e. The van der Waals surface area contributed by atoms with Crippen molar-refractivity contribution in [3.63, 3.8) is 0 Å². The number of carbonyl (C=O) groups is 4. The van der Waals surface area contributed by atoms with E-state index in [2.05, 4.69) is 0 Å². The number of carbonyl (C=O) groups excluding carboxylic acids is 4. The van der Waals surface area contributed by atoms with Crippen molar-refractivity contribution in [3.8, 4) is 0 Å².